The standard InChI is InChI=1S/C28H32FN7OS/c29-22-7-5-21(6-8-22)19-36-26-4-2-1-3-24(26)32-27(36)17-20-10-13-35(14-11-20)15-16-38-34-28(37)33-25-18-31-12-9-23(25)30/h1-9,12,18,20H,10-11,13-17,19H2,(H2,30,31)(H2,33,34,37). The lowest BCUT2D eigenvalue weighted by molar-refractivity contribution is 0.191. The number of benzene rings is 2. The van der Waals surface area contributed by atoms with E-state index in [1.54, 1.807) is 12.3 Å². The minimum Gasteiger partial charge on any atom is -0.397 e. The second-order valence-corrected chi connectivity index (χ2v) is 10.5. The van der Waals surface area contributed by atoms with Crippen molar-refractivity contribution >= 4 is 40.4 Å². The van der Waals surface area contributed by atoms with Gasteiger partial charge in [-0.15, -0.1) is 0 Å². The first-order valence-corrected chi connectivity index (χ1v) is 13.8. The van der Waals surface area contributed by atoms with Gasteiger partial charge in [-0.1, -0.05) is 24.3 Å². The number of amides is 2. The molecule has 2 amide bonds. The van der Waals surface area contributed by atoms with E-state index in [4.69, 9.17) is 10.7 Å². The van der Waals surface area contributed by atoms with E-state index in [-0.39, 0.29) is 11.8 Å². The molecule has 0 radical (unpaired) electrons. The highest BCUT2D eigenvalue weighted by atomic mass is 32.2. The maximum atomic E-state index is 13.4. The first kappa shape index (κ1) is 26.0. The molecule has 3 heterocycles. The van der Waals surface area contributed by atoms with E-state index in [0.717, 1.165) is 67.1 Å². The van der Waals surface area contributed by atoms with Gasteiger partial charge in [-0.25, -0.2) is 14.2 Å². The fourth-order valence-corrected chi connectivity index (χ4v) is 5.48. The molecule has 198 valence electrons. The molecule has 4 aromatic rings. The first-order valence-electron chi connectivity index (χ1n) is 12.8. The molecule has 2 aromatic heterocycles. The maximum absolute atomic E-state index is 13.4. The fourth-order valence-electron chi connectivity index (χ4n) is 4.85. The molecule has 38 heavy (non-hydrogen) atoms. The number of nitrogens with two attached hydrogens (primary N) is 1. The van der Waals surface area contributed by atoms with Crippen molar-refractivity contribution in [2.45, 2.75) is 25.8 Å². The number of fused-ring (bicyclic) bond motifs is 1. The number of imidazole rings is 1. The van der Waals surface area contributed by atoms with Crippen LogP contribution in [0.5, 0.6) is 0 Å². The number of piperidine rings is 1. The summed E-state index contributed by atoms with van der Waals surface area (Å²) < 4.78 is 18.5. The van der Waals surface area contributed by atoms with Crippen molar-refractivity contribution in [2.24, 2.45) is 5.92 Å². The number of nitrogens with one attached hydrogen (secondary N) is 2. The van der Waals surface area contributed by atoms with Gasteiger partial charge in [-0.2, -0.15) is 0 Å². The smallest absolute Gasteiger partial charge is 0.329 e. The summed E-state index contributed by atoms with van der Waals surface area (Å²) in [6, 6.07) is 16.3. The number of nitrogen functional groups attached to an aromatic ring is 1. The van der Waals surface area contributed by atoms with Crippen LogP contribution in [-0.4, -0.2) is 50.9 Å². The van der Waals surface area contributed by atoms with Crippen molar-refractivity contribution in [1.82, 2.24) is 24.2 Å². The summed E-state index contributed by atoms with van der Waals surface area (Å²) in [7, 11) is 0. The Bertz CT molecular complexity index is 1370. The molecular formula is C28H32FN7OS. The lowest BCUT2D eigenvalue weighted by Crippen LogP contribution is -2.36. The molecule has 0 unspecified atom stereocenters. The van der Waals surface area contributed by atoms with Crippen molar-refractivity contribution in [1.29, 1.82) is 0 Å². The quantitative estimate of drug-likeness (QED) is 0.208. The summed E-state index contributed by atoms with van der Waals surface area (Å²) >= 11 is 1.39. The Hall–Kier alpha value is -3.63. The molecular weight excluding hydrogens is 501 g/mol. The van der Waals surface area contributed by atoms with Crippen LogP contribution in [0.2, 0.25) is 0 Å². The van der Waals surface area contributed by atoms with Crippen LogP contribution in [0.1, 0.15) is 24.2 Å². The third kappa shape index (κ3) is 6.62. The Balaban J connectivity index is 1.09. The number of hydrogen-bond acceptors (Lipinski definition) is 6. The van der Waals surface area contributed by atoms with Crippen LogP contribution in [-0.2, 0) is 13.0 Å². The number of pyridine rings is 1. The van der Waals surface area contributed by atoms with Crippen LogP contribution < -0.4 is 15.8 Å². The van der Waals surface area contributed by atoms with Crippen molar-refractivity contribution in [2.75, 3.05) is 36.4 Å². The minimum atomic E-state index is -0.308. The Morgan fingerprint density at radius 1 is 1.11 bits per heavy atom. The summed E-state index contributed by atoms with van der Waals surface area (Å²) in [5.74, 6) is 2.24. The molecule has 0 spiro atoms. The molecule has 1 saturated heterocycles. The summed E-state index contributed by atoms with van der Waals surface area (Å²) in [6.07, 6.45) is 6.26. The van der Waals surface area contributed by atoms with Gasteiger partial charge in [0.05, 0.1) is 28.6 Å². The van der Waals surface area contributed by atoms with Crippen LogP contribution in [0, 0.1) is 11.7 Å². The van der Waals surface area contributed by atoms with Gasteiger partial charge in [0.15, 0.2) is 0 Å². The lowest BCUT2D eigenvalue weighted by atomic mass is 9.93. The number of nitrogens with zero attached hydrogens (tertiary/aromatic N) is 4. The number of rotatable bonds is 9. The Morgan fingerprint density at radius 3 is 2.68 bits per heavy atom. The highest BCUT2D eigenvalue weighted by molar-refractivity contribution is 7.97. The zero-order chi connectivity index (χ0) is 26.3. The second kappa shape index (κ2) is 12.3. The van der Waals surface area contributed by atoms with E-state index in [1.165, 1.54) is 30.3 Å². The molecule has 1 aliphatic heterocycles. The van der Waals surface area contributed by atoms with E-state index in [9.17, 15) is 9.18 Å². The predicted molar refractivity (Wildman–Crippen MR) is 151 cm³/mol. The Kier molecular flexibility index (Phi) is 8.40. The number of aromatic nitrogens is 3. The Morgan fingerprint density at radius 2 is 1.89 bits per heavy atom. The largest absolute Gasteiger partial charge is 0.397 e. The second-order valence-electron chi connectivity index (χ2n) is 9.59. The molecule has 8 nitrogen and oxygen atoms in total. The van der Waals surface area contributed by atoms with Crippen LogP contribution >= 0.6 is 11.9 Å². The van der Waals surface area contributed by atoms with E-state index < -0.39 is 0 Å². The molecule has 4 N–H and O–H groups in total. The first-order chi connectivity index (χ1) is 18.5. The van der Waals surface area contributed by atoms with E-state index in [2.05, 4.69) is 36.6 Å². The molecule has 2 aromatic carbocycles. The van der Waals surface area contributed by atoms with Gasteiger partial charge in [0, 0.05) is 31.5 Å². The normalized spacial score (nSPS) is 14.6. The van der Waals surface area contributed by atoms with E-state index >= 15 is 0 Å². The van der Waals surface area contributed by atoms with Crippen molar-refractivity contribution in [3.8, 4) is 0 Å². The highest BCUT2D eigenvalue weighted by Gasteiger charge is 2.22. The molecule has 0 saturated carbocycles. The van der Waals surface area contributed by atoms with E-state index in [0.29, 0.717) is 23.8 Å². The van der Waals surface area contributed by atoms with Gasteiger partial charge >= 0.3 is 6.03 Å². The average Bonchev–Trinajstić information content (AvgIpc) is 3.27. The number of anilines is 2. The molecule has 0 atom stereocenters. The van der Waals surface area contributed by atoms with Gasteiger partial charge < -0.3 is 20.5 Å². The summed E-state index contributed by atoms with van der Waals surface area (Å²) in [5.41, 5.74) is 9.99. The number of halogens is 1. The minimum absolute atomic E-state index is 0.219. The number of carbonyl (C=O) groups excluding carboxylic acids is 1. The van der Waals surface area contributed by atoms with Crippen molar-refractivity contribution in [3.05, 3.63) is 84.2 Å². The number of hydrogen-bond donors (Lipinski definition) is 3. The average molecular weight is 534 g/mol. The third-order valence-corrected chi connectivity index (χ3v) is 7.66. The SMILES string of the molecule is Nc1ccncc1NC(=O)NSCCN1CCC(Cc2nc3ccccc3n2Cc2ccc(F)cc2)CC1. The van der Waals surface area contributed by atoms with Crippen molar-refractivity contribution < 1.29 is 9.18 Å². The zero-order valence-electron chi connectivity index (χ0n) is 21.1. The van der Waals surface area contributed by atoms with E-state index in [1.807, 2.05) is 24.3 Å². The highest BCUT2D eigenvalue weighted by Crippen LogP contribution is 2.25. The molecule has 1 aliphatic rings. The number of likely N-dealkylation sites (tertiary alicyclic amines) is 1. The van der Waals surface area contributed by atoms with Gasteiger partial charge in [0.25, 0.3) is 0 Å². The molecule has 5 rings (SSSR count). The fraction of sp³-hybridized carbons (Fsp3) is 0.321. The molecule has 10 heteroatoms. The number of carbonyl (C=O) groups is 1. The molecule has 1 fully saturated rings. The zero-order valence-corrected chi connectivity index (χ0v) is 22.0. The predicted octanol–water partition coefficient (Wildman–Crippen LogP) is 4.93. The Labute approximate surface area is 226 Å². The molecule has 0 aliphatic carbocycles. The monoisotopic (exact) mass is 533 g/mol. The number of para-hydroxylation sites is 2. The van der Waals surface area contributed by atoms with Crippen LogP contribution in [0.4, 0.5) is 20.6 Å². The number of urea groups is 1. The van der Waals surface area contributed by atoms with Crippen LogP contribution in [0.3, 0.4) is 0 Å². The summed E-state index contributed by atoms with van der Waals surface area (Å²) in [4.78, 5) is 23.5. The summed E-state index contributed by atoms with van der Waals surface area (Å²) in [6.45, 7) is 3.65. The lowest BCUT2D eigenvalue weighted by Gasteiger charge is -2.31. The van der Waals surface area contributed by atoms with Gasteiger partial charge in [-0.3, -0.25) is 9.71 Å². The summed E-state index contributed by atoms with van der Waals surface area (Å²) in [5, 5.41) is 2.71. The molecule has 0 bridgehead atoms. The van der Waals surface area contributed by atoms with Crippen molar-refractivity contribution in [3.63, 3.8) is 0 Å². The van der Waals surface area contributed by atoms with Gasteiger partial charge in [0.1, 0.15) is 11.6 Å². The maximum Gasteiger partial charge on any atom is 0.329 e. The van der Waals surface area contributed by atoms with Gasteiger partial charge in [-0.05, 0) is 79.7 Å². The topological polar surface area (TPSA) is 101 Å². The third-order valence-electron chi connectivity index (χ3n) is 6.94. The van der Waals surface area contributed by atoms with Gasteiger partial charge in [0.2, 0.25) is 0 Å². The van der Waals surface area contributed by atoms with Crippen LogP contribution in [0.15, 0.2) is 67.0 Å². The van der Waals surface area contributed by atoms with Crippen LogP contribution in [0.25, 0.3) is 11.0 Å².